The highest BCUT2D eigenvalue weighted by Crippen LogP contribution is 2.29. The lowest BCUT2D eigenvalue weighted by Crippen LogP contribution is -2.40. The number of benzene rings is 2. The fourth-order valence-electron chi connectivity index (χ4n) is 4.07. The van der Waals surface area contributed by atoms with E-state index in [0.29, 0.717) is 36.8 Å². The molecule has 1 aliphatic heterocycles. The number of sulfonamides is 1. The number of aromatic nitrogens is 1. The van der Waals surface area contributed by atoms with E-state index in [1.165, 1.54) is 27.8 Å². The molecule has 0 radical (unpaired) electrons. The van der Waals surface area contributed by atoms with Gasteiger partial charge in [0, 0.05) is 18.7 Å². The van der Waals surface area contributed by atoms with Crippen molar-refractivity contribution in [1.29, 1.82) is 0 Å². The molecule has 2 heterocycles. The maximum atomic E-state index is 13.2. The number of ether oxygens (including phenoxy) is 2. The molecule has 4 rings (SSSR count). The van der Waals surface area contributed by atoms with Crippen LogP contribution < -0.4 is 10.1 Å². The Bertz CT molecular complexity index is 1350. The molecule has 0 bridgehead atoms. The van der Waals surface area contributed by atoms with E-state index < -0.39 is 10.0 Å². The Kier molecular flexibility index (Phi) is 8.22. The molecule has 0 atom stereocenters. The number of carbonyl (C=O) groups excluding carboxylic acids is 2. The molecule has 3 aromatic rings. The van der Waals surface area contributed by atoms with E-state index in [-0.39, 0.29) is 42.2 Å². The van der Waals surface area contributed by atoms with Crippen LogP contribution in [0.4, 0.5) is 5.13 Å². The average molecular weight is 532 g/mol. The normalized spacial score (nSPS) is 15.1. The van der Waals surface area contributed by atoms with Crippen molar-refractivity contribution < 1.29 is 27.5 Å². The quantitative estimate of drug-likeness (QED) is 0.309. The van der Waals surface area contributed by atoms with Crippen LogP contribution >= 0.6 is 11.3 Å². The van der Waals surface area contributed by atoms with Crippen molar-refractivity contribution in [2.45, 2.75) is 31.6 Å². The summed E-state index contributed by atoms with van der Waals surface area (Å²) in [4.78, 5) is 29.4. The van der Waals surface area contributed by atoms with Crippen molar-refractivity contribution >= 4 is 48.5 Å². The topological polar surface area (TPSA) is 115 Å². The molecule has 2 aromatic carbocycles. The van der Waals surface area contributed by atoms with E-state index in [1.807, 2.05) is 25.1 Å². The molecule has 192 valence electrons. The number of Topliss-reactive ketones (excluding diaryl/α,β-unsaturated/α-hetero) is 1. The summed E-state index contributed by atoms with van der Waals surface area (Å²) < 4.78 is 39.2. The molecule has 0 aliphatic carbocycles. The number of piperidine rings is 1. The fourth-order valence-corrected chi connectivity index (χ4v) is 6.47. The molecule has 0 spiro atoms. The van der Waals surface area contributed by atoms with Gasteiger partial charge in [-0.05, 0) is 57.0 Å². The van der Waals surface area contributed by atoms with Crippen molar-refractivity contribution in [2.75, 3.05) is 38.2 Å². The highest BCUT2D eigenvalue weighted by Gasteiger charge is 2.33. The standard InChI is InChI=1S/C25H29N3O6S2/c1-3-33-19-8-9-21-23(15-19)35-25(27-21)26-16-22(29)18-6-5-7-20(14-18)36(31,32)28-12-10-17(11-13-28)24(30)34-4-2/h5-9,14-15,17H,3-4,10-13,16H2,1-2H3,(H,26,27). The maximum Gasteiger partial charge on any atom is 0.309 e. The highest BCUT2D eigenvalue weighted by atomic mass is 32.2. The van der Waals surface area contributed by atoms with Crippen LogP contribution in [-0.4, -0.2) is 62.3 Å². The summed E-state index contributed by atoms with van der Waals surface area (Å²) in [5.41, 5.74) is 1.10. The first kappa shape index (κ1) is 26.1. The zero-order valence-electron chi connectivity index (χ0n) is 20.2. The Labute approximate surface area is 214 Å². The number of nitrogens with zero attached hydrogens (tertiary/aromatic N) is 2. The molecule has 36 heavy (non-hydrogen) atoms. The molecule has 1 aromatic heterocycles. The lowest BCUT2D eigenvalue weighted by Gasteiger charge is -2.30. The molecule has 0 saturated carbocycles. The number of thiazole rings is 1. The predicted molar refractivity (Wildman–Crippen MR) is 138 cm³/mol. The Morgan fingerprint density at radius 2 is 1.89 bits per heavy atom. The van der Waals surface area contributed by atoms with Gasteiger partial charge in [-0.25, -0.2) is 13.4 Å². The molecule has 9 nitrogen and oxygen atoms in total. The van der Waals surface area contributed by atoms with Crippen LogP contribution in [0.3, 0.4) is 0 Å². The van der Waals surface area contributed by atoms with Crippen LogP contribution in [0, 0.1) is 5.92 Å². The van der Waals surface area contributed by atoms with E-state index in [4.69, 9.17) is 9.47 Å². The lowest BCUT2D eigenvalue weighted by atomic mass is 9.98. The van der Waals surface area contributed by atoms with Gasteiger partial charge in [-0.15, -0.1) is 0 Å². The van der Waals surface area contributed by atoms with Gasteiger partial charge in [0.15, 0.2) is 10.9 Å². The molecular formula is C25H29N3O6S2. The van der Waals surface area contributed by atoms with Gasteiger partial charge >= 0.3 is 5.97 Å². The van der Waals surface area contributed by atoms with Gasteiger partial charge in [0.2, 0.25) is 10.0 Å². The summed E-state index contributed by atoms with van der Waals surface area (Å²) >= 11 is 1.42. The molecule has 0 unspecified atom stereocenters. The zero-order valence-corrected chi connectivity index (χ0v) is 21.9. The Morgan fingerprint density at radius 3 is 2.61 bits per heavy atom. The average Bonchev–Trinajstić information content (AvgIpc) is 3.30. The van der Waals surface area contributed by atoms with E-state index in [2.05, 4.69) is 10.3 Å². The first-order valence-corrected chi connectivity index (χ1v) is 14.1. The van der Waals surface area contributed by atoms with Gasteiger partial charge in [0.25, 0.3) is 0 Å². The molecular weight excluding hydrogens is 502 g/mol. The van der Waals surface area contributed by atoms with E-state index in [1.54, 1.807) is 19.1 Å². The molecule has 11 heteroatoms. The van der Waals surface area contributed by atoms with Crippen molar-refractivity contribution in [1.82, 2.24) is 9.29 Å². The van der Waals surface area contributed by atoms with Gasteiger partial charge in [-0.1, -0.05) is 23.5 Å². The van der Waals surface area contributed by atoms with Crippen LogP contribution in [0.2, 0.25) is 0 Å². The molecule has 0 amide bonds. The smallest absolute Gasteiger partial charge is 0.309 e. The minimum atomic E-state index is -3.79. The summed E-state index contributed by atoms with van der Waals surface area (Å²) in [6.45, 7) is 4.99. The van der Waals surface area contributed by atoms with Crippen molar-refractivity contribution in [2.24, 2.45) is 5.92 Å². The lowest BCUT2D eigenvalue weighted by molar-refractivity contribution is -0.149. The van der Waals surface area contributed by atoms with Crippen molar-refractivity contribution in [3.8, 4) is 5.75 Å². The van der Waals surface area contributed by atoms with Crippen LogP contribution in [0.1, 0.15) is 37.0 Å². The van der Waals surface area contributed by atoms with Crippen molar-refractivity contribution in [3.63, 3.8) is 0 Å². The third kappa shape index (κ3) is 5.85. The minimum Gasteiger partial charge on any atom is -0.494 e. The van der Waals surface area contributed by atoms with Crippen LogP contribution in [0.5, 0.6) is 5.75 Å². The number of nitrogens with one attached hydrogen (secondary N) is 1. The Hall–Kier alpha value is -3.02. The number of esters is 1. The Morgan fingerprint density at radius 1 is 1.11 bits per heavy atom. The number of hydrogen-bond acceptors (Lipinski definition) is 9. The van der Waals surface area contributed by atoms with Gasteiger partial charge in [-0.2, -0.15) is 4.31 Å². The number of anilines is 1. The predicted octanol–water partition coefficient (Wildman–Crippen LogP) is 3.95. The largest absolute Gasteiger partial charge is 0.494 e. The summed E-state index contributed by atoms with van der Waals surface area (Å²) in [6.07, 6.45) is 0.823. The van der Waals surface area contributed by atoms with Gasteiger partial charge in [0.1, 0.15) is 5.75 Å². The summed E-state index contributed by atoms with van der Waals surface area (Å²) in [7, 11) is -3.79. The van der Waals surface area contributed by atoms with Crippen LogP contribution in [-0.2, 0) is 19.6 Å². The fraction of sp³-hybridized carbons (Fsp3) is 0.400. The van der Waals surface area contributed by atoms with E-state index >= 15 is 0 Å². The molecule has 1 fully saturated rings. The summed E-state index contributed by atoms with van der Waals surface area (Å²) in [6, 6.07) is 11.7. The van der Waals surface area contributed by atoms with Crippen LogP contribution in [0.25, 0.3) is 10.2 Å². The number of hydrogen-bond donors (Lipinski definition) is 1. The van der Waals surface area contributed by atoms with E-state index in [0.717, 1.165) is 16.0 Å². The second kappa shape index (κ2) is 11.4. The van der Waals surface area contributed by atoms with Crippen LogP contribution in [0.15, 0.2) is 47.4 Å². The second-order valence-electron chi connectivity index (χ2n) is 8.32. The third-order valence-electron chi connectivity index (χ3n) is 5.94. The monoisotopic (exact) mass is 531 g/mol. The first-order valence-electron chi connectivity index (χ1n) is 11.9. The number of carbonyl (C=O) groups is 2. The SMILES string of the molecule is CCOC(=O)C1CCN(S(=O)(=O)c2cccc(C(=O)CNc3nc4ccc(OCC)cc4s3)c2)CC1. The molecule has 1 aliphatic rings. The van der Waals surface area contributed by atoms with E-state index in [9.17, 15) is 18.0 Å². The van der Waals surface area contributed by atoms with Crippen molar-refractivity contribution in [3.05, 3.63) is 48.0 Å². The first-order chi connectivity index (χ1) is 17.3. The zero-order chi connectivity index (χ0) is 25.7. The van der Waals surface area contributed by atoms with Gasteiger partial charge in [0.05, 0.1) is 40.8 Å². The highest BCUT2D eigenvalue weighted by molar-refractivity contribution is 7.89. The molecule has 1 saturated heterocycles. The maximum absolute atomic E-state index is 13.2. The number of ketones is 1. The number of fused-ring (bicyclic) bond motifs is 1. The van der Waals surface area contributed by atoms with Gasteiger partial charge < -0.3 is 14.8 Å². The Balaban J connectivity index is 1.40. The van der Waals surface area contributed by atoms with Gasteiger partial charge in [-0.3, -0.25) is 9.59 Å². The summed E-state index contributed by atoms with van der Waals surface area (Å²) in [5, 5.41) is 3.64. The second-order valence-corrected chi connectivity index (χ2v) is 11.3. The summed E-state index contributed by atoms with van der Waals surface area (Å²) in [5.74, 6) is -0.0529. The third-order valence-corrected chi connectivity index (χ3v) is 8.81. The molecule has 1 N–H and O–H groups in total. The number of rotatable bonds is 10. The minimum absolute atomic E-state index is 0.0213.